The molecule has 5 atom stereocenters. The number of sulfonamides is 1. The van der Waals surface area contributed by atoms with Crippen LogP contribution in [0.2, 0.25) is 0 Å². The minimum Gasteiger partial charge on any atom is -0.496 e. The van der Waals surface area contributed by atoms with Crippen molar-refractivity contribution < 1.29 is 37.3 Å². The van der Waals surface area contributed by atoms with Gasteiger partial charge >= 0.3 is 6.09 Å². The van der Waals surface area contributed by atoms with Crippen molar-refractivity contribution in [3.63, 3.8) is 0 Å². The summed E-state index contributed by atoms with van der Waals surface area (Å²) in [5, 5.41) is 22.5. The van der Waals surface area contributed by atoms with E-state index in [1.807, 2.05) is 19.9 Å². The molecule has 43 heavy (non-hydrogen) atoms. The van der Waals surface area contributed by atoms with Crippen LogP contribution in [0.5, 0.6) is 5.75 Å². The van der Waals surface area contributed by atoms with Gasteiger partial charge in [0.2, 0.25) is 10.0 Å². The first kappa shape index (κ1) is 32.7. The summed E-state index contributed by atoms with van der Waals surface area (Å²) in [6, 6.07) is 15.7. The smallest absolute Gasteiger partial charge is 0.408 e. The van der Waals surface area contributed by atoms with Crippen LogP contribution in [0.15, 0.2) is 53.4 Å². The van der Waals surface area contributed by atoms with E-state index in [-0.39, 0.29) is 29.4 Å². The fourth-order valence-corrected chi connectivity index (χ4v) is 7.21. The highest BCUT2D eigenvalue weighted by Gasteiger charge is 2.44. The maximum atomic E-state index is 14.4. The van der Waals surface area contributed by atoms with Crippen molar-refractivity contribution in [3.8, 4) is 11.8 Å². The first-order valence-electron chi connectivity index (χ1n) is 14.4. The molecule has 2 aromatic rings. The van der Waals surface area contributed by atoms with Gasteiger partial charge in [0.1, 0.15) is 18.0 Å². The molecule has 0 radical (unpaired) electrons. The molecule has 4 rings (SSSR count). The zero-order chi connectivity index (χ0) is 31.2. The Morgan fingerprint density at radius 3 is 2.65 bits per heavy atom. The Kier molecular flexibility index (Phi) is 10.7. The molecule has 2 aliphatic heterocycles. The number of rotatable bonds is 13. The highest BCUT2D eigenvalue weighted by Crippen LogP contribution is 2.35. The van der Waals surface area contributed by atoms with Gasteiger partial charge < -0.3 is 29.4 Å². The van der Waals surface area contributed by atoms with Crippen LogP contribution in [0.3, 0.4) is 0 Å². The van der Waals surface area contributed by atoms with Gasteiger partial charge in [0, 0.05) is 13.0 Å². The number of nitriles is 1. The standard InChI is InChI=1S/C31H41N3O8S/c1-21(35)28(33-30(36)42-27-20-41-29-25(27)13-16-40-29)34(19-22-9-6-5-7-10-22)43(37,38)24-11-12-26(39-4)23(17-24)18-31(2,3)14-8-15-32/h5-7,9-12,17,21,25,27-29,35H,8,13-14,16,18-20H2,1-4H3,(H,33,36)/t21-,25+,27+,28+,29-/m1/s1. The monoisotopic (exact) mass is 615 g/mol. The molecule has 2 fully saturated rings. The second kappa shape index (κ2) is 14.1. The predicted octanol–water partition coefficient (Wildman–Crippen LogP) is 3.95. The Balaban J connectivity index is 1.65. The number of hydrogen-bond donors (Lipinski definition) is 2. The van der Waals surface area contributed by atoms with E-state index in [0.29, 0.717) is 49.2 Å². The molecule has 12 heteroatoms. The van der Waals surface area contributed by atoms with E-state index in [1.165, 1.54) is 20.1 Å². The van der Waals surface area contributed by atoms with Gasteiger partial charge in [-0.25, -0.2) is 13.2 Å². The molecule has 2 saturated heterocycles. The molecule has 0 bridgehead atoms. The van der Waals surface area contributed by atoms with E-state index in [4.69, 9.17) is 24.2 Å². The molecule has 2 aromatic carbocycles. The Morgan fingerprint density at radius 2 is 1.98 bits per heavy atom. The van der Waals surface area contributed by atoms with Crippen molar-refractivity contribution >= 4 is 16.1 Å². The third kappa shape index (κ3) is 8.04. The second-order valence-corrected chi connectivity index (χ2v) is 13.7. The van der Waals surface area contributed by atoms with Crippen LogP contribution in [-0.2, 0) is 37.2 Å². The summed E-state index contributed by atoms with van der Waals surface area (Å²) in [6.45, 7) is 6.00. The number of alkyl carbamates (subject to hydrolysis) is 1. The molecule has 1 amide bonds. The van der Waals surface area contributed by atoms with E-state index >= 15 is 0 Å². The lowest BCUT2D eigenvalue weighted by Crippen LogP contribution is -2.56. The summed E-state index contributed by atoms with van der Waals surface area (Å²) in [5.74, 6) is 0.426. The fourth-order valence-electron chi connectivity index (χ4n) is 5.56. The van der Waals surface area contributed by atoms with Crippen LogP contribution < -0.4 is 10.1 Å². The van der Waals surface area contributed by atoms with Gasteiger partial charge in [0.15, 0.2) is 6.29 Å². The van der Waals surface area contributed by atoms with Crippen LogP contribution in [0.25, 0.3) is 0 Å². The van der Waals surface area contributed by atoms with Crippen molar-refractivity contribution in [2.24, 2.45) is 11.3 Å². The second-order valence-electron chi connectivity index (χ2n) is 11.8. The van der Waals surface area contributed by atoms with Crippen molar-refractivity contribution in [2.75, 3.05) is 20.3 Å². The van der Waals surface area contributed by atoms with Crippen molar-refractivity contribution in [2.45, 2.75) is 82.6 Å². The lowest BCUT2D eigenvalue weighted by atomic mass is 9.81. The van der Waals surface area contributed by atoms with Gasteiger partial charge in [-0.05, 0) is 60.9 Å². The average Bonchev–Trinajstić information content (AvgIpc) is 3.59. The van der Waals surface area contributed by atoms with E-state index in [1.54, 1.807) is 36.4 Å². The summed E-state index contributed by atoms with van der Waals surface area (Å²) in [6.07, 6.45) is -2.33. The van der Waals surface area contributed by atoms with Gasteiger partial charge in [-0.1, -0.05) is 44.2 Å². The molecule has 2 aliphatic rings. The average molecular weight is 616 g/mol. The van der Waals surface area contributed by atoms with Crippen LogP contribution in [0, 0.1) is 22.7 Å². The topological polar surface area (TPSA) is 147 Å². The first-order chi connectivity index (χ1) is 20.4. The maximum absolute atomic E-state index is 14.4. The number of ether oxygens (including phenoxy) is 4. The number of fused-ring (bicyclic) bond motifs is 1. The maximum Gasteiger partial charge on any atom is 0.408 e. The van der Waals surface area contributed by atoms with Crippen LogP contribution in [0.1, 0.15) is 51.2 Å². The minimum atomic E-state index is -4.30. The van der Waals surface area contributed by atoms with Crippen molar-refractivity contribution in [3.05, 3.63) is 59.7 Å². The Morgan fingerprint density at radius 1 is 1.23 bits per heavy atom. The summed E-state index contributed by atoms with van der Waals surface area (Å²) >= 11 is 0. The normalized spacial score (nSPS) is 21.6. The SMILES string of the molecule is COc1ccc(S(=O)(=O)N(Cc2ccccc2)[C@H](NC(=O)O[C@H]2CO[C@H]3OCC[C@H]32)[C@@H](C)O)cc1CC(C)(C)CCC#N. The predicted molar refractivity (Wildman–Crippen MR) is 157 cm³/mol. The largest absolute Gasteiger partial charge is 0.496 e. The van der Waals surface area contributed by atoms with Crippen molar-refractivity contribution in [1.29, 1.82) is 5.26 Å². The fraction of sp³-hybridized carbons (Fsp3) is 0.548. The van der Waals surface area contributed by atoms with Crippen LogP contribution in [0.4, 0.5) is 4.79 Å². The van der Waals surface area contributed by atoms with Crippen molar-refractivity contribution in [1.82, 2.24) is 9.62 Å². The first-order valence-corrected chi connectivity index (χ1v) is 15.9. The number of nitrogens with one attached hydrogen (secondary N) is 1. The molecule has 11 nitrogen and oxygen atoms in total. The lowest BCUT2D eigenvalue weighted by molar-refractivity contribution is -0.0907. The molecule has 0 spiro atoms. The summed E-state index contributed by atoms with van der Waals surface area (Å²) in [5.41, 5.74) is 1.03. The molecular formula is C31H41N3O8S. The lowest BCUT2D eigenvalue weighted by Gasteiger charge is -2.33. The molecule has 0 aromatic heterocycles. The summed E-state index contributed by atoms with van der Waals surface area (Å²) in [7, 11) is -2.78. The quantitative estimate of drug-likeness (QED) is 0.320. The molecule has 234 valence electrons. The summed E-state index contributed by atoms with van der Waals surface area (Å²) < 4.78 is 52.0. The summed E-state index contributed by atoms with van der Waals surface area (Å²) in [4.78, 5) is 13.1. The zero-order valence-corrected chi connectivity index (χ0v) is 25.9. The van der Waals surface area contributed by atoms with Crippen LogP contribution in [-0.4, -0.2) is 68.9 Å². The molecule has 0 saturated carbocycles. The molecule has 0 aliphatic carbocycles. The van der Waals surface area contributed by atoms with Gasteiger partial charge in [-0.2, -0.15) is 9.57 Å². The van der Waals surface area contributed by atoms with E-state index in [9.17, 15) is 18.3 Å². The number of aliphatic hydroxyl groups excluding tert-OH is 1. The number of benzene rings is 2. The molecular weight excluding hydrogens is 574 g/mol. The molecule has 0 unspecified atom stereocenters. The van der Waals surface area contributed by atoms with Gasteiger partial charge in [0.05, 0.1) is 43.3 Å². The Hall–Kier alpha value is -3.21. The Labute approximate surface area is 253 Å². The van der Waals surface area contributed by atoms with Gasteiger partial charge in [-0.3, -0.25) is 0 Å². The van der Waals surface area contributed by atoms with E-state index in [0.717, 1.165) is 4.31 Å². The van der Waals surface area contributed by atoms with Crippen LogP contribution >= 0.6 is 0 Å². The number of hydrogen-bond acceptors (Lipinski definition) is 9. The number of carbonyl (C=O) groups excluding carboxylic acids is 1. The highest BCUT2D eigenvalue weighted by atomic mass is 32.2. The van der Waals surface area contributed by atoms with E-state index < -0.39 is 40.8 Å². The number of nitrogens with zero attached hydrogens (tertiary/aromatic N) is 2. The number of aliphatic hydroxyl groups is 1. The zero-order valence-electron chi connectivity index (χ0n) is 25.1. The van der Waals surface area contributed by atoms with Gasteiger partial charge in [-0.15, -0.1) is 0 Å². The van der Waals surface area contributed by atoms with E-state index in [2.05, 4.69) is 11.4 Å². The third-order valence-corrected chi connectivity index (χ3v) is 9.72. The Bertz CT molecular complexity index is 1390. The third-order valence-electron chi connectivity index (χ3n) is 7.90. The van der Waals surface area contributed by atoms with Gasteiger partial charge in [0.25, 0.3) is 0 Å². The minimum absolute atomic E-state index is 0.0220. The molecule has 2 heterocycles. The number of methoxy groups -OCH3 is 1. The number of amides is 1. The number of carbonyl (C=O) groups is 1. The molecule has 2 N–H and O–H groups in total. The highest BCUT2D eigenvalue weighted by molar-refractivity contribution is 7.89.